The molecule has 0 spiro atoms. The van der Waals surface area contributed by atoms with Gasteiger partial charge in [-0.15, -0.1) is 0 Å². The predicted molar refractivity (Wildman–Crippen MR) is 57.0 cm³/mol. The van der Waals surface area contributed by atoms with E-state index in [1.165, 1.54) is 11.1 Å². The maximum atomic E-state index is 5.11. The Kier molecular flexibility index (Phi) is 2.70. The van der Waals surface area contributed by atoms with Crippen molar-refractivity contribution in [3.63, 3.8) is 0 Å². The van der Waals surface area contributed by atoms with E-state index in [1.807, 2.05) is 12.1 Å². The summed E-state index contributed by atoms with van der Waals surface area (Å²) in [6.07, 6.45) is 2.05. The minimum Gasteiger partial charge on any atom is -0.497 e. The van der Waals surface area contributed by atoms with Crippen molar-refractivity contribution in [2.24, 2.45) is 0 Å². The summed E-state index contributed by atoms with van der Waals surface area (Å²) in [6.45, 7) is 1.76. The van der Waals surface area contributed by atoms with Gasteiger partial charge in [0.25, 0.3) is 0 Å². The molecule has 2 N–H and O–H groups in total. The zero-order valence-electron chi connectivity index (χ0n) is 8.21. The highest BCUT2D eigenvalue weighted by atomic mass is 16.5. The van der Waals surface area contributed by atoms with Crippen molar-refractivity contribution in [3.05, 3.63) is 36.0 Å². The summed E-state index contributed by atoms with van der Waals surface area (Å²) in [5, 5.41) is 6.41. The molecule has 0 aromatic heterocycles. The summed E-state index contributed by atoms with van der Waals surface area (Å²) in [5.74, 6) is 0.895. The smallest absolute Gasteiger partial charge is 0.118 e. The zero-order chi connectivity index (χ0) is 9.80. The molecule has 0 radical (unpaired) electrons. The van der Waals surface area contributed by atoms with Gasteiger partial charge in [0.15, 0.2) is 0 Å². The van der Waals surface area contributed by atoms with Gasteiger partial charge in [0.2, 0.25) is 0 Å². The zero-order valence-corrected chi connectivity index (χ0v) is 8.21. The van der Waals surface area contributed by atoms with Crippen molar-refractivity contribution in [1.82, 2.24) is 10.6 Å². The number of hydrogen-bond donors (Lipinski definition) is 2. The first-order valence-electron chi connectivity index (χ1n) is 4.68. The molecular formula is C11H14N2O. The molecule has 0 saturated heterocycles. The second kappa shape index (κ2) is 4.15. The Morgan fingerprint density at radius 2 is 2.00 bits per heavy atom. The molecule has 0 saturated carbocycles. The molecule has 2 rings (SSSR count). The molecule has 0 aliphatic carbocycles. The second-order valence-corrected chi connectivity index (χ2v) is 3.21. The fourth-order valence-corrected chi connectivity index (χ4v) is 1.49. The van der Waals surface area contributed by atoms with Crippen LogP contribution in [-0.4, -0.2) is 20.3 Å². The Morgan fingerprint density at radius 1 is 1.21 bits per heavy atom. The van der Waals surface area contributed by atoms with Crippen molar-refractivity contribution in [1.29, 1.82) is 0 Å². The predicted octanol–water partition coefficient (Wildman–Crippen LogP) is 1.19. The molecular weight excluding hydrogens is 176 g/mol. The van der Waals surface area contributed by atoms with Crippen molar-refractivity contribution in [3.8, 4) is 5.75 Å². The Labute approximate surface area is 83.8 Å². The largest absolute Gasteiger partial charge is 0.497 e. The number of hydrogen-bond acceptors (Lipinski definition) is 3. The molecule has 3 nitrogen and oxygen atoms in total. The molecule has 0 bridgehead atoms. The van der Waals surface area contributed by atoms with E-state index in [0.717, 1.165) is 19.0 Å². The van der Waals surface area contributed by atoms with Gasteiger partial charge in [-0.3, -0.25) is 5.32 Å². The van der Waals surface area contributed by atoms with Gasteiger partial charge in [-0.25, -0.2) is 0 Å². The normalized spacial score (nSPS) is 15.6. The van der Waals surface area contributed by atoms with Crippen LogP contribution in [0, 0.1) is 0 Å². The molecule has 3 heteroatoms. The lowest BCUT2D eigenvalue weighted by Gasteiger charge is -2.16. The lowest BCUT2D eigenvalue weighted by Crippen LogP contribution is -2.31. The maximum Gasteiger partial charge on any atom is 0.118 e. The Hall–Kier alpha value is -1.48. The average molecular weight is 190 g/mol. The van der Waals surface area contributed by atoms with Crippen LogP contribution in [0.25, 0.3) is 5.57 Å². The summed E-state index contributed by atoms with van der Waals surface area (Å²) >= 11 is 0. The van der Waals surface area contributed by atoms with Crippen molar-refractivity contribution >= 4 is 5.57 Å². The molecule has 1 aliphatic rings. The molecule has 1 aromatic carbocycles. The summed E-state index contributed by atoms with van der Waals surface area (Å²) in [4.78, 5) is 0. The van der Waals surface area contributed by atoms with Crippen molar-refractivity contribution < 1.29 is 4.74 Å². The average Bonchev–Trinajstić information content (AvgIpc) is 2.30. The maximum absolute atomic E-state index is 5.11. The molecule has 1 aromatic rings. The Balaban J connectivity index is 2.19. The number of ether oxygens (including phenoxy) is 1. The van der Waals surface area contributed by atoms with Crippen LogP contribution in [0.4, 0.5) is 0 Å². The van der Waals surface area contributed by atoms with Crippen LogP contribution < -0.4 is 15.4 Å². The minimum atomic E-state index is 0.847. The van der Waals surface area contributed by atoms with Crippen LogP contribution in [-0.2, 0) is 0 Å². The first kappa shape index (κ1) is 9.09. The fourth-order valence-electron chi connectivity index (χ4n) is 1.49. The first-order valence-corrected chi connectivity index (χ1v) is 4.68. The van der Waals surface area contributed by atoms with Gasteiger partial charge in [-0.1, -0.05) is 12.1 Å². The molecule has 0 fully saturated rings. The van der Waals surface area contributed by atoms with Crippen LogP contribution in [0.1, 0.15) is 5.56 Å². The van der Waals surface area contributed by atoms with E-state index in [4.69, 9.17) is 4.74 Å². The number of methoxy groups -OCH3 is 1. The third-order valence-electron chi connectivity index (χ3n) is 2.28. The van der Waals surface area contributed by atoms with E-state index in [2.05, 4.69) is 29.0 Å². The van der Waals surface area contributed by atoms with Crippen LogP contribution in [0.2, 0.25) is 0 Å². The monoisotopic (exact) mass is 190 g/mol. The van der Waals surface area contributed by atoms with Gasteiger partial charge >= 0.3 is 0 Å². The Morgan fingerprint density at radius 3 is 2.57 bits per heavy atom. The van der Waals surface area contributed by atoms with E-state index in [9.17, 15) is 0 Å². The highest BCUT2D eigenvalue weighted by Crippen LogP contribution is 2.18. The molecule has 0 unspecified atom stereocenters. The van der Waals surface area contributed by atoms with Crippen LogP contribution >= 0.6 is 0 Å². The van der Waals surface area contributed by atoms with Gasteiger partial charge in [-0.05, 0) is 23.3 Å². The second-order valence-electron chi connectivity index (χ2n) is 3.21. The highest BCUT2D eigenvalue weighted by Gasteiger charge is 2.04. The fraction of sp³-hybridized carbons (Fsp3) is 0.273. The van der Waals surface area contributed by atoms with Crippen molar-refractivity contribution in [2.75, 3.05) is 20.3 Å². The molecule has 0 amide bonds. The van der Waals surface area contributed by atoms with E-state index in [1.54, 1.807) is 7.11 Å². The van der Waals surface area contributed by atoms with Gasteiger partial charge in [0.1, 0.15) is 5.75 Å². The quantitative estimate of drug-likeness (QED) is 0.735. The summed E-state index contributed by atoms with van der Waals surface area (Å²) in [6, 6.07) is 8.09. The lowest BCUT2D eigenvalue weighted by atomic mass is 10.1. The first-order chi connectivity index (χ1) is 6.90. The summed E-state index contributed by atoms with van der Waals surface area (Å²) in [7, 11) is 1.68. The lowest BCUT2D eigenvalue weighted by molar-refractivity contribution is 0.415. The number of nitrogens with one attached hydrogen (secondary N) is 2. The minimum absolute atomic E-state index is 0.847. The molecule has 14 heavy (non-hydrogen) atoms. The van der Waals surface area contributed by atoms with Gasteiger partial charge in [0.05, 0.1) is 13.8 Å². The van der Waals surface area contributed by atoms with E-state index in [0.29, 0.717) is 0 Å². The molecule has 1 heterocycles. The summed E-state index contributed by atoms with van der Waals surface area (Å²) in [5.41, 5.74) is 2.50. The van der Waals surface area contributed by atoms with Gasteiger partial charge in [-0.2, -0.15) is 0 Å². The Bertz CT molecular complexity index is 330. The molecule has 0 atom stereocenters. The number of benzene rings is 1. The van der Waals surface area contributed by atoms with E-state index in [-0.39, 0.29) is 0 Å². The van der Waals surface area contributed by atoms with E-state index >= 15 is 0 Å². The SMILES string of the molecule is COc1ccc(C2=CNCNC2)cc1. The van der Waals surface area contributed by atoms with Crippen LogP contribution in [0.5, 0.6) is 5.75 Å². The number of rotatable bonds is 2. The van der Waals surface area contributed by atoms with Gasteiger partial charge < -0.3 is 10.1 Å². The highest BCUT2D eigenvalue weighted by molar-refractivity contribution is 5.67. The standard InChI is InChI=1S/C11H14N2O/c1-14-11-4-2-9(3-5-11)10-6-12-8-13-7-10/h2-6,12-13H,7-8H2,1H3. The molecule has 74 valence electrons. The third kappa shape index (κ3) is 1.88. The summed E-state index contributed by atoms with van der Waals surface area (Å²) < 4.78 is 5.11. The van der Waals surface area contributed by atoms with Crippen LogP contribution in [0.3, 0.4) is 0 Å². The van der Waals surface area contributed by atoms with Crippen LogP contribution in [0.15, 0.2) is 30.5 Å². The topological polar surface area (TPSA) is 33.3 Å². The van der Waals surface area contributed by atoms with Crippen molar-refractivity contribution in [2.45, 2.75) is 0 Å². The molecule has 1 aliphatic heterocycles. The van der Waals surface area contributed by atoms with E-state index < -0.39 is 0 Å². The third-order valence-corrected chi connectivity index (χ3v) is 2.28. The van der Waals surface area contributed by atoms with Gasteiger partial charge in [0, 0.05) is 12.7 Å².